The average Bonchev–Trinajstić information content (AvgIpc) is 2.93. The van der Waals surface area contributed by atoms with Crippen LogP contribution in [0.3, 0.4) is 0 Å². The molecule has 0 saturated carbocycles. The van der Waals surface area contributed by atoms with Crippen molar-refractivity contribution in [2.45, 2.75) is 13.0 Å². The zero-order valence-corrected chi connectivity index (χ0v) is 20.0. The summed E-state index contributed by atoms with van der Waals surface area (Å²) in [6, 6.07) is 27.7. The quantitative estimate of drug-likeness (QED) is 0.313. The summed E-state index contributed by atoms with van der Waals surface area (Å²) in [6.45, 7) is 0.784. The Hall–Kier alpha value is -4.65. The highest BCUT2D eigenvalue weighted by atomic mass is 16.5. The normalized spacial score (nSPS) is 10.4. The maximum absolute atomic E-state index is 13.0. The fraction of sp³-hybridized carbons (Fsp3) is 0.138. The number of rotatable bonds is 9. The third-order valence-corrected chi connectivity index (χ3v) is 5.66. The second-order valence-corrected chi connectivity index (χ2v) is 8.07. The molecule has 4 aromatic rings. The van der Waals surface area contributed by atoms with E-state index < -0.39 is 0 Å². The number of hydrogen-bond acceptors (Lipinski definition) is 4. The van der Waals surface area contributed by atoms with Gasteiger partial charge in [0.1, 0.15) is 5.75 Å². The van der Waals surface area contributed by atoms with Gasteiger partial charge in [0.2, 0.25) is 0 Å². The zero-order chi connectivity index (χ0) is 25.2. The third kappa shape index (κ3) is 6.48. The smallest absolute Gasteiger partial charge is 0.319 e. The fourth-order valence-corrected chi connectivity index (χ4v) is 3.82. The topological polar surface area (TPSA) is 92.4 Å². The molecule has 0 aliphatic rings. The van der Waals surface area contributed by atoms with E-state index in [0.29, 0.717) is 36.5 Å². The van der Waals surface area contributed by atoms with E-state index in [2.05, 4.69) is 20.9 Å². The number of pyridine rings is 1. The molecule has 0 atom stereocenters. The van der Waals surface area contributed by atoms with Crippen LogP contribution in [-0.4, -0.2) is 30.6 Å². The van der Waals surface area contributed by atoms with Gasteiger partial charge in [0.05, 0.1) is 7.11 Å². The van der Waals surface area contributed by atoms with E-state index in [-0.39, 0.29) is 11.9 Å². The molecule has 0 aliphatic carbocycles. The van der Waals surface area contributed by atoms with Crippen LogP contribution < -0.4 is 20.7 Å². The number of ether oxygens (including phenoxy) is 1. The first-order valence-electron chi connectivity index (χ1n) is 11.7. The fourth-order valence-electron chi connectivity index (χ4n) is 3.82. The van der Waals surface area contributed by atoms with Gasteiger partial charge in [0, 0.05) is 42.7 Å². The Morgan fingerprint density at radius 3 is 2.28 bits per heavy atom. The predicted octanol–water partition coefficient (Wildman–Crippen LogP) is 5.05. The van der Waals surface area contributed by atoms with Crippen LogP contribution in [0, 0.1) is 0 Å². The molecule has 0 bridgehead atoms. The number of nitrogens with zero attached hydrogens (tertiary/aromatic N) is 1. The summed E-state index contributed by atoms with van der Waals surface area (Å²) in [5.74, 6) is 0.566. The van der Waals surface area contributed by atoms with Gasteiger partial charge in [0.25, 0.3) is 5.91 Å². The molecule has 3 aromatic carbocycles. The van der Waals surface area contributed by atoms with Crippen LogP contribution in [0.1, 0.15) is 21.6 Å². The second-order valence-electron chi connectivity index (χ2n) is 8.07. The van der Waals surface area contributed by atoms with Crippen LogP contribution in [0.5, 0.6) is 5.75 Å². The Labute approximate surface area is 210 Å². The zero-order valence-electron chi connectivity index (χ0n) is 20.0. The summed E-state index contributed by atoms with van der Waals surface area (Å²) in [7, 11) is 1.59. The summed E-state index contributed by atoms with van der Waals surface area (Å²) in [4.78, 5) is 29.8. The molecule has 0 unspecified atom stereocenters. The van der Waals surface area contributed by atoms with E-state index in [0.717, 1.165) is 22.4 Å². The number of aromatic nitrogens is 1. The van der Waals surface area contributed by atoms with Gasteiger partial charge >= 0.3 is 6.03 Å². The lowest BCUT2D eigenvalue weighted by Crippen LogP contribution is -2.28. The summed E-state index contributed by atoms with van der Waals surface area (Å²) in [5, 5.41) is 8.71. The number of benzene rings is 3. The van der Waals surface area contributed by atoms with Crippen molar-refractivity contribution in [2.75, 3.05) is 19.0 Å². The molecule has 0 spiro atoms. The third-order valence-electron chi connectivity index (χ3n) is 5.66. The van der Waals surface area contributed by atoms with Gasteiger partial charge in [-0.05, 0) is 59.2 Å². The molecule has 0 radical (unpaired) electrons. The van der Waals surface area contributed by atoms with Gasteiger partial charge < -0.3 is 20.7 Å². The summed E-state index contributed by atoms with van der Waals surface area (Å²) in [5.41, 5.74) is 4.76. The van der Waals surface area contributed by atoms with E-state index in [1.807, 2.05) is 66.7 Å². The molecule has 182 valence electrons. The van der Waals surface area contributed by atoms with Gasteiger partial charge in [-0.2, -0.15) is 0 Å². The van der Waals surface area contributed by atoms with Crippen LogP contribution in [0.2, 0.25) is 0 Å². The SMILES string of the molecule is COc1ccc(NC(=O)NCc2ccccc2-c2ccccc2C(=O)NCCc2ccccn2)cc1. The molecule has 0 saturated heterocycles. The second kappa shape index (κ2) is 12.2. The minimum atomic E-state index is -0.324. The highest BCUT2D eigenvalue weighted by molar-refractivity contribution is 6.01. The number of carbonyl (C=O) groups excluding carboxylic acids is 2. The van der Waals surface area contributed by atoms with E-state index in [1.165, 1.54) is 0 Å². The van der Waals surface area contributed by atoms with Gasteiger partial charge in [0.15, 0.2) is 0 Å². The van der Waals surface area contributed by atoms with Gasteiger partial charge in [-0.1, -0.05) is 48.5 Å². The minimum Gasteiger partial charge on any atom is -0.497 e. The van der Waals surface area contributed by atoms with Crippen molar-refractivity contribution < 1.29 is 14.3 Å². The number of anilines is 1. The van der Waals surface area contributed by atoms with Gasteiger partial charge in [-0.15, -0.1) is 0 Å². The van der Waals surface area contributed by atoms with E-state index in [4.69, 9.17) is 4.74 Å². The number of hydrogen-bond donors (Lipinski definition) is 3. The van der Waals surface area contributed by atoms with Crippen LogP contribution in [0.15, 0.2) is 97.2 Å². The van der Waals surface area contributed by atoms with Crippen molar-refractivity contribution in [3.8, 4) is 16.9 Å². The van der Waals surface area contributed by atoms with Crippen molar-refractivity contribution in [3.05, 3.63) is 114 Å². The van der Waals surface area contributed by atoms with Gasteiger partial charge in [-0.25, -0.2) is 4.79 Å². The maximum atomic E-state index is 13.0. The average molecular weight is 481 g/mol. The summed E-state index contributed by atoms with van der Waals surface area (Å²) < 4.78 is 5.14. The molecule has 1 aromatic heterocycles. The van der Waals surface area contributed by atoms with Crippen molar-refractivity contribution in [1.82, 2.24) is 15.6 Å². The molecule has 7 nitrogen and oxygen atoms in total. The Morgan fingerprint density at radius 2 is 1.53 bits per heavy atom. The molecule has 36 heavy (non-hydrogen) atoms. The molecule has 1 heterocycles. The first kappa shape index (κ1) is 24.5. The number of amides is 3. The van der Waals surface area contributed by atoms with Crippen LogP contribution >= 0.6 is 0 Å². The monoisotopic (exact) mass is 480 g/mol. The molecule has 0 fully saturated rings. The first-order valence-corrected chi connectivity index (χ1v) is 11.7. The van der Waals surface area contributed by atoms with Crippen molar-refractivity contribution in [1.29, 1.82) is 0 Å². The van der Waals surface area contributed by atoms with E-state index in [9.17, 15) is 9.59 Å². The molecular weight excluding hydrogens is 452 g/mol. The Bertz CT molecular complexity index is 1310. The van der Waals surface area contributed by atoms with Crippen LogP contribution in [-0.2, 0) is 13.0 Å². The molecule has 3 amide bonds. The number of urea groups is 1. The molecule has 7 heteroatoms. The molecule has 0 aliphatic heterocycles. The predicted molar refractivity (Wildman–Crippen MR) is 141 cm³/mol. The lowest BCUT2D eigenvalue weighted by molar-refractivity contribution is 0.0954. The Kier molecular flexibility index (Phi) is 8.27. The Morgan fingerprint density at radius 1 is 0.806 bits per heavy atom. The standard InChI is InChI=1S/C29H28N4O3/c1-36-24-15-13-23(14-16-24)33-29(35)32-20-21-8-2-3-10-25(21)26-11-4-5-12-27(26)28(34)31-19-17-22-9-6-7-18-30-22/h2-16,18H,17,19-20H2,1H3,(H,31,34)(H2,32,33,35). The largest absolute Gasteiger partial charge is 0.497 e. The van der Waals surface area contributed by atoms with Crippen molar-refractivity contribution >= 4 is 17.6 Å². The van der Waals surface area contributed by atoms with Crippen molar-refractivity contribution in [3.63, 3.8) is 0 Å². The van der Waals surface area contributed by atoms with E-state index in [1.54, 1.807) is 37.6 Å². The van der Waals surface area contributed by atoms with E-state index >= 15 is 0 Å². The van der Waals surface area contributed by atoms with Crippen LogP contribution in [0.25, 0.3) is 11.1 Å². The lowest BCUT2D eigenvalue weighted by atomic mass is 9.95. The highest BCUT2D eigenvalue weighted by Gasteiger charge is 2.15. The summed E-state index contributed by atoms with van der Waals surface area (Å²) >= 11 is 0. The molecule has 3 N–H and O–H groups in total. The minimum absolute atomic E-state index is 0.151. The first-order chi connectivity index (χ1) is 17.6. The lowest BCUT2D eigenvalue weighted by Gasteiger charge is -2.15. The van der Waals surface area contributed by atoms with Crippen LogP contribution in [0.4, 0.5) is 10.5 Å². The highest BCUT2D eigenvalue weighted by Crippen LogP contribution is 2.27. The number of methoxy groups -OCH3 is 1. The van der Waals surface area contributed by atoms with Gasteiger partial charge in [-0.3, -0.25) is 9.78 Å². The molecule has 4 rings (SSSR count). The Balaban J connectivity index is 1.43. The molecular formula is C29H28N4O3. The number of nitrogens with one attached hydrogen (secondary N) is 3. The summed E-state index contributed by atoms with van der Waals surface area (Å²) in [6.07, 6.45) is 2.40. The number of carbonyl (C=O) groups is 2. The maximum Gasteiger partial charge on any atom is 0.319 e. The van der Waals surface area contributed by atoms with Crippen molar-refractivity contribution in [2.24, 2.45) is 0 Å².